The van der Waals surface area contributed by atoms with Crippen LogP contribution in [0.5, 0.6) is 0 Å². The van der Waals surface area contributed by atoms with Gasteiger partial charge in [-0.05, 0) is 24.6 Å². The van der Waals surface area contributed by atoms with Crippen LogP contribution in [0.4, 0.5) is 5.69 Å². The number of benzene rings is 1. The maximum absolute atomic E-state index is 11.6. The Balaban J connectivity index is 1.73. The second-order valence-corrected chi connectivity index (χ2v) is 4.44. The number of aliphatic hydroxyl groups excluding tert-OH is 1. The Bertz CT molecular complexity index is 581. The molecule has 1 aromatic carbocycles. The molecule has 110 valence electrons. The van der Waals surface area contributed by atoms with Gasteiger partial charge in [-0.1, -0.05) is 18.2 Å². The van der Waals surface area contributed by atoms with Crippen molar-refractivity contribution in [1.29, 1.82) is 0 Å². The molecular weight excluding hydrogens is 272 g/mol. The van der Waals surface area contributed by atoms with E-state index in [1.54, 1.807) is 30.3 Å². The van der Waals surface area contributed by atoms with Crippen molar-refractivity contribution in [3.05, 3.63) is 54.5 Å². The molecule has 1 heterocycles. The van der Waals surface area contributed by atoms with Crippen LogP contribution >= 0.6 is 0 Å². The molecule has 0 spiro atoms. The lowest BCUT2D eigenvalue weighted by Gasteiger charge is -2.09. The number of nitrogens with one attached hydrogen (secondary N) is 2. The van der Waals surface area contributed by atoms with Crippen molar-refractivity contribution in [3.8, 4) is 0 Å². The molecule has 2 amide bonds. The lowest BCUT2D eigenvalue weighted by atomic mass is 10.1. The molecule has 1 aromatic heterocycles. The van der Waals surface area contributed by atoms with Crippen molar-refractivity contribution in [2.24, 2.45) is 0 Å². The molecule has 21 heavy (non-hydrogen) atoms. The van der Waals surface area contributed by atoms with Gasteiger partial charge in [0.15, 0.2) is 0 Å². The number of hydrogen-bond donors (Lipinski definition) is 3. The van der Waals surface area contributed by atoms with Crippen LogP contribution in [0.3, 0.4) is 0 Å². The van der Waals surface area contributed by atoms with Gasteiger partial charge in [-0.2, -0.15) is 0 Å². The van der Waals surface area contributed by atoms with E-state index in [1.165, 1.54) is 12.5 Å². The van der Waals surface area contributed by atoms with Gasteiger partial charge in [-0.25, -0.2) is 0 Å². The van der Waals surface area contributed by atoms with Gasteiger partial charge < -0.3 is 20.2 Å². The summed E-state index contributed by atoms with van der Waals surface area (Å²) in [6.45, 7) is 0.188. The second kappa shape index (κ2) is 7.25. The van der Waals surface area contributed by atoms with E-state index in [4.69, 9.17) is 4.42 Å². The van der Waals surface area contributed by atoms with E-state index in [0.717, 1.165) is 0 Å². The number of carbonyl (C=O) groups excluding carboxylic acids is 2. The highest BCUT2D eigenvalue weighted by Gasteiger charge is 2.14. The topological polar surface area (TPSA) is 91.6 Å². The van der Waals surface area contributed by atoms with E-state index in [-0.39, 0.29) is 6.54 Å². The van der Waals surface area contributed by atoms with Crippen LogP contribution in [0, 0.1) is 0 Å². The summed E-state index contributed by atoms with van der Waals surface area (Å²) >= 11 is 0. The Morgan fingerprint density at radius 3 is 2.57 bits per heavy atom. The Morgan fingerprint density at radius 1 is 1.14 bits per heavy atom. The molecule has 6 heteroatoms. The molecule has 0 fully saturated rings. The zero-order valence-electron chi connectivity index (χ0n) is 11.3. The first kappa shape index (κ1) is 14.8. The van der Waals surface area contributed by atoms with E-state index in [2.05, 4.69) is 10.6 Å². The van der Waals surface area contributed by atoms with E-state index in [9.17, 15) is 14.7 Å². The Labute approximate surface area is 121 Å². The number of rotatable bonds is 5. The summed E-state index contributed by atoms with van der Waals surface area (Å²) in [4.78, 5) is 23.2. The second-order valence-electron chi connectivity index (χ2n) is 4.44. The third-order valence-electron chi connectivity index (χ3n) is 2.87. The van der Waals surface area contributed by atoms with Crippen LogP contribution < -0.4 is 10.6 Å². The maximum Gasteiger partial charge on any atom is 0.313 e. The Morgan fingerprint density at radius 2 is 1.90 bits per heavy atom. The number of amides is 2. The molecule has 0 unspecified atom stereocenters. The highest BCUT2D eigenvalue weighted by molar-refractivity contribution is 6.39. The molecule has 3 N–H and O–H groups in total. The van der Waals surface area contributed by atoms with Crippen molar-refractivity contribution in [2.45, 2.75) is 12.5 Å². The number of carbonyl (C=O) groups is 2. The number of aliphatic hydroxyl groups is 1. The summed E-state index contributed by atoms with van der Waals surface area (Å²) in [6.07, 6.45) is 2.46. The minimum absolute atomic E-state index is 0.188. The quantitative estimate of drug-likeness (QED) is 0.726. The van der Waals surface area contributed by atoms with Crippen molar-refractivity contribution in [1.82, 2.24) is 5.32 Å². The largest absolute Gasteiger partial charge is 0.472 e. The lowest BCUT2D eigenvalue weighted by Crippen LogP contribution is -2.36. The first-order chi connectivity index (χ1) is 10.2. The van der Waals surface area contributed by atoms with Crippen LogP contribution in [-0.2, 0) is 9.59 Å². The van der Waals surface area contributed by atoms with E-state index < -0.39 is 17.9 Å². The van der Waals surface area contributed by atoms with Gasteiger partial charge in [-0.3, -0.25) is 9.59 Å². The summed E-state index contributed by atoms with van der Waals surface area (Å²) in [5.41, 5.74) is 1.19. The minimum Gasteiger partial charge on any atom is -0.472 e. The average molecular weight is 288 g/mol. The summed E-state index contributed by atoms with van der Waals surface area (Å²) in [6, 6.07) is 10.4. The fourth-order valence-corrected chi connectivity index (χ4v) is 1.74. The number of furan rings is 1. The first-order valence-electron chi connectivity index (χ1n) is 6.51. The standard InChI is InChI=1S/C15H16N2O4/c18-13(11-7-9-21-10-11)6-8-16-14(19)15(20)17-12-4-2-1-3-5-12/h1-5,7,9-10,13,18H,6,8H2,(H,16,19)(H,17,20)/t13-/m1/s1. The lowest BCUT2D eigenvalue weighted by molar-refractivity contribution is -0.136. The molecule has 0 aliphatic rings. The minimum atomic E-state index is -0.738. The summed E-state index contributed by atoms with van der Waals surface area (Å²) in [7, 11) is 0. The Hall–Kier alpha value is -2.60. The molecule has 0 radical (unpaired) electrons. The number of para-hydroxylation sites is 1. The van der Waals surface area contributed by atoms with Crippen LogP contribution in [0.1, 0.15) is 18.1 Å². The summed E-state index contributed by atoms with van der Waals surface area (Å²) in [5, 5.41) is 14.7. The molecule has 0 aliphatic heterocycles. The molecule has 2 rings (SSSR count). The average Bonchev–Trinajstić information content (AvgIpc) is 3.02. The third-order valence-corrected chi connectivity index (χ3v) is 2.87. The smallest absolute Gasteiger partial charge is 0.313 e. The highest BCUT2D eigenvalue weighted by atomic mass is 16.3. The molecule has 0 aliphatic carbocycles. The molecule has 6 nitrogen and oxygen atoms in total. The van der Waals surface area contributed by atoms with Crippen molar-refractivity contribution < 1.29 is 19.1 Å². The van der Waals surface area contributed by atoms with Gasteiger partial charge in [0.1, 0.15) is 0 Å². The fraction of sp³-hybridized carbons (Fsp3) is 0.200. The van der Waals surface area contributed by atoms with Gasteiger partial charge in [0.05, 0.1) is 18.6 Å². The summed E-state index contributed by atoms with van der Waals surface area (Å²) in [5.74, 6) is -1.47. The van der Waals surface area contributed by atoms with E-state index in [1.807, 2.05) is 6.07 Å². The van der Waals surface area contributed by atoms with Gasteiger partial charge in [-0.15, -0.1) is 0 Å². The monoisotopic (exact) mass is 288 g/mol. The van der Waals surface area contributed by atoms with Gasteiger partial charge in [0, 0.05) is 17.8 Å². The first-order valence-corrected chi connectivity index (χ1v) is 6.51. The molecule has 0 saturated carbocycles. The van der Waals surface area contributed by atoms with Crippen LogP contribution in [0.2, 0.25) is 0 Å². The van der Waals surface area contributed by atoms with Crippen molar-refractivity contribution in [2.75, 3.05) is 11.9 Å². The third kappa shape index (κ3) is 4.47. The zero-order chi connectivity index (χ0) is 15.1. The fourth-order valence-electron chi connectivity index (χ4n) is 1.74. The van der Waals surface area contributed by atoms with Crippen LogP contribution in [0.15, 0.2) is 53.3 Å². The normalized spacial score (nSPS) is 11.7. The number of hydrogen-bond acceptors (Lipinski definition) is 4. The van der Waals surface area contributed by atoms with Crippen molar-refractivity contribution >= 4 is 17.5 Å². The highest BCUT2D eigenvalue weighted by Crippen LogP contribution is 2.15. The predicted molar refractivity (Wildman–Crippen MR) is 76.4 cm³/mol. The maximum atomic E-state index is 11.6. The molecular formula is C15H16N2O4. The summed E-state index contributed by atoms with van der Waals surface area (Å²) < 4.78 is 4.86. The SMILES string of the molecule is O=C(NCC[C@@H](O)c1ccoc1)C(=O)Nc1ccccc1. The van der Waals surface area contributed by atoms with E-state index >= 15 is 0 Å². The van der Waals surface area contributed by atoms with Crippen LogP contribution in [-0.4, -0.2) is 23.5 Å². The Kier molecular flexibility index (Phi) is 5.11. The van der Waals surface area contributed by atoms with Gasteiger partial charge in [0.25, 0.3) is 0 Å². The molecule has 1 atom stereocenters. The predicted octanol–water partition coefficient (Wildman–Crippen LogP) is 1.46. The van der Waals surface area contributed by atoms with Gasteiger partial charge in [0.2, 0.25) is 0 Å². The van der Waals surface area contributed by atoms with Crippen molar-refractivity contribution in [3.63, 3.8) is 0 Å². The molecule has 0 saturated heterocycles. The molecule has 2 aromatic rings. The zero-order valence-corrected chi connectivity index (χ0v) is 11.3. The van der Waals surface area contributed by atoms with Gasteiger partial charge >= 0.3 is 11.8 Å². The number of anilines is 1. The van der Waals surface area contributed by atoms with E-state index in [0.29, 0.717) is 17.7 Å². The molecule has 0 bridgehead atoms. The van der Waals surface area contributed by atoms with Crippen LogP contribution in [0.25, 0.3) is 0 Å².